The molecule has 0 atom stereocenters. The van der Waals surface area contributed by atoms with Crippen molar-refractivity contribution in [2.24, 2.45) is 5.41 Å². The number of allylic oxidation sites excluding steroid dienone is 1. The first-order chi connectivity index (χ1) is 13.5. The van der Waals surface area contributed by atoms with Gasteiger partial charge in [0, 0.05) is 6.54 Å². The number of carbonyl (C=O) groups is 1. The van der Waals surface area contributed by atoms with Crippen molar-refractivity contribution >= 4 is 17.7 Å². The van der Waals surface area contributed by atoms with E-state index >= 15 is 0 Å². The Morgan fingerprint density at radius 3 is 2.41 bits per heavy atom. The molecule has 29 heavy (non-hydrogen) atoms. The van der Waals surface area contributed by atoms with Gasteiger partial charge in [0.25, 0.3) is 0 Å². The third kappa shape index (κ3) is 6.92. The first-order valence-corrected chi connectivity index (χ1v) is 10.6. The van der Waals surface area contributed by atoms with Gasteiger partial charge in [-0.05, 0) is 34.9 Å². The number of carboxylic acid groups (broad SMARTS) is 1. The minimum Gasteiger partial charge on any atom is -0.486 e. The van der Waals surface area contributed by atoms with Gasteiger partial charge in [0.05, 0.1) is 5.75 Å². The maximum atomic E-state index is 10.8. The van der Waals surface area contributed by atoms with Crippen LogP contribution in [0.4, 0.5) is 0 Å². The Hall–Kier alpha value is -2.28. The van der Waals surface area contributed by atoms with E-state index in [4.69, 9.17) is 9.84 Å². The van der Waals surface area contributed by atoms with Gasteiger partial charge in [-0.3, -0.25) is 9.36 Å². The molecular formula is C22H31N3O3S. The van der Waals surface area contributed by atoms with E-state index in [-0.39, 0.29) is 23.2 Å². The molecule has 0 saturated heterocycles. The molecule has 1 heterocycles. The quantitative estimate of drug-likeness (QED) is 0.436. The van der Waals surface area contributed by atoms with Crippen molar-refractivity contribution in [2.75, 3.05) is 5.75 Å². The van der Waals surface area contributed by atoms with Crippen molar-refractivity contribution in [2.45, 2.75) is 64.8 Å². The number of hydrogen-bond donors (Lipinski definition) is 1. The molecule has 0 fully saturated rings. The number of benzene rings is 1. The molecule has 1 aromatic carbocycles. The van der Waals surface area contributed by atoms with Crippen molar-refractivity contribution in [3.63, 3.8) is 0 Å². The molecule has 0 bridgehead atoms. The molecule has 0 aliphatic rings. The molecule has 1 N–H and O–H groups in total. The first kappa shape index (κ1) is 23.0. The van der Waals surface area contributed by atoms with Crippen molar-refractivity contribution in [3.05, 3.63) is 48.3 Å². The summed E-state index contributed by atoms with van der Waals surface area (Å²) in [4.78, 5) is 10.8. The second-order valence-corrected chi connectivity index (χ2v) is 9.86. The number of rotatable bonds is 10. The molecule has 158 valence electrons. The highest BCUT2D eigenvalue weighted by Crippen LogP contribution is 2.36. The summed E-state index contributed by atoms with van der Waals surface area (Å²) in [6, 6.07) is 8.19. The third-order valence-electron chi connectivity index (χ3n) is 4.41. The van der Waals surface area contributed by atoms with Crippen LogP contribution in [0, 0.1) is 5.41 Å². The molecule has 0 aliphatic carbocycles. The maximum absolute atomic E-state index is 10.8. The van der Waals surface area contributed by atoms with Gasteiger partial charge in [-0.15, -0.1) is 16.8 Å². The van der Waals surface area contributed by atoms with E-state index in [1.54, 1.807) is 6.08 Å². The molecular weight excluding hydrogens is 386 g/mol. The maximum Gasteiger partial charge on any atom is 0.313 e. The highest BCUT2D eigenvalue weighted by molar-refractivity contribution is 7.99. The second kappa shape index (κ2) is 9.48. The molecule has 7 heteroatoms. The molecule has 2 aromatic rings. The molecule has 2 rings (SSSR count). The summed E-state index contributed by atoms with van der Waals surface area (Å²) in [5.74, 6) is 0.431. The Morgan fingerprint density at radius 2 is 1.86 bits per heavy atom. The minimum absolute atomic E-state index is 0.0675. The molecule has 0 unspecified atom stereocenters. The van der Waals surface area contributed by atoms with Crippen LogP contribution in [0.15, 0.2) is 42.1 Å². The van der Waals surface area contributed by atoms with E-state index in [2.05, 4.69) is 63.5 Å². The SMILES string of the molecule is C=CCn1c(COc2ccc(C(C)(C)CC(C)(C)C)cc2)nnc1SCC(=O)O. The molecule has 0 amide bonds. The van der Waals surface area contributed by atoms with E-state index in [1.165, 1.54) is 5.56 Å². The fourth-order valence-electron chi connectivity index (χ4n) is 3.55. The van der Waals surface area contributed by atoms with Crippen molar-refractivity contribution in [3.8, 4) is 5.75 Å². The normalized spacial score (nSPS) is 12.0. The first-order valence-electron chi connectivity index (χ1n) is 9.63. The second-order valence-electron chi connectivity index (χ2n) is 8.91. The number of carboxylic acids is 1. The Labute approximate surface area is 177 Å². The highest BCUT2D eigenvalue weighted by atomic mass is 32.2. The van der Waals surface area contributed by atoms with Crippen LogP contribution < -0.4 is 4.74 Å². The minimum atomic E-state index is -0.893. The zero-order chi connectivity index (χ0) is 21.7. The smallest absolute Gasteiger partial charge is 0.313 e. The van der Waals surface area contributed by atoms with Gasteiger partial charge in [-0.1, -0.05) is 64.6 Å². The van der Waals surface area contributed by atoms with Crippen LogP contribution in [0.2, 0.25) is 0 Å². The van der Waals surface area contributed by atoms with E-state index in [1.807, 2.05) is 16.7 Å². The van der Waals surface area contributed by atoms with Gasteiger partial charge in [-0.2, -0.15) is 0 Å². The molecule has 0 saturated carbocycles. The number of thioether (sulfide) groups is 1. The standard InChI is InChI=1S/C22H31N3O3S/c1-7-12-25-18(23-24-20(25)29-14-19(26)27)13-28-17-10-8-16(9-11-17)22(5,6)15-21(2,3)4/h7-11H,1,12-15H2,2-6H3,(H,26,27). The average molecular weight is 418 g/mol. The van der Waals surface area contributed by atoms with Crippen LogP contribution in [0.5, 0.6) is 5.75 Å². The fourth-order valence-corrected chi connectivity index (χ4v) is 4.24. The number of aromatic nitrogens is 3. The number of ether oxygens (including phenoxy) is 1. The third-order valence-corrected chi connectivity index (χ3v) is 5.36. The Bertz CT molecular complexity index is 836. The van der Waals surface area contributed by atoms with Crippen LogP contribution in [-0.2, 0) is 23.4 Å². The monoisotopic (exact) mass is 417 g/mol. The van der Waals surface area contributed by atoms with Crippen LogP contribution in [0.25, 0.3) is 0 Å². The predicted octanol–water partition coefficient (Wildman–Crippen LogP) is 4.93. The van der Waals surface area contributed by atoms with Gasteiger partial charge in [0.1, 0.15) is 12.4 Å². The van der Waals surface area contributed by atoms with Gasteiger partial charge < -0.3 is 9.84 Å². The molecule has 0 aliphatic heterocycles. The van der Waals surface area contributed by atoms with Crippen LogP contribution in [0.3, 0.4) is 0 Å². The Morgan fingerprint density at radius 1 is 1.21 bits per heavy atom. The summed E-state index contributed by atoms with van der Waals surface area (Å²) in [5.41, 5.74) is 1.61. The van der Waals surface area contributed by atoms with Gasteiger partial charge in [0.2, 0.25) is 0 Å². The van der Waals surface area contributed by atoms with E-state index in [9.17, 15) is 4.79 Å². The molecule has 0 radical (unpaired) electrons. The van der Waals surface area contributed by atoms with E-state index < -0.39 is 5.97 Å². The zero-order valence-electron chi connectivity index (χ0n) is 17.9. The largest absolute Gasteiger partial charge is 0.486 e. The van der Waals surface area contributed by atoms with Gasteiger partial charge >= 0.3 is 5.97 Å². The Kier molecular flexibility index (Phi) is 7.52. The summed E-state index contributed by atoms with van der Waals surface area (Å²) >= 11 is 1.13. The number of hydrogen-bond acceptors (Lipinski definition) is 5. The number of aliphatic carboxylic acids is 1. The van der Waals surface area contributed by atoms with Crippen molar-refractivity contribution in [1.29, 1.82) is 0 Å². The summed E-state index contributed by atoms with van der Waals surface area (Å²) in [5, 5.41) is 17.7. The number of nitrogens with zero attached hydrogens (tertiary/aromatic N) is 3. The Balaban J connectivity index is 2.06. The fraction of sp³-hybridized carbons (Fsp3) is 0.500. The lowest BCUT2D eigenvalue weighted by Gasteiger charge is -2.33. The molecule has 6 nitrogen and oxygen atoms in total. The summed E-state index contributed by atoms with van der Waals surface area (Å²) in [6.07, 6.45) is 2.81. The lowest BCUT2D eigenvalue weighted by atomic mass is 9.72. The van der Waals surface area contributed by atoms with Crippen LogP contribution in [0.1, 0.15) is 52.4 Å². The highest BCUT2D eigenvalue weighted by Gasteiger charge is 2.27. The average Bonchev–Trinajstić information content (AvgIpc) is 2.99. The van der Waals surface area contributed by atoms with Crippen LogP contribution in [-0.4, -0.2) is 31.6 Å². The van der Waals surface area contributed by atoms with Crippen molar-refractivity contribution in [1.82, 2.24) is 14.8 Å². The van der Waals surface area contributed by atoms with Crippen LogP contribution >= 0.6 is 11.8 Å². The molecule has 1 aromatic heterocycles. The van der Waals surface area contributed by atoms with E-state index in [0.717, 1.165) is 23.9 Å². The lowest BCUT2D eigenvalue weighted by Crippen LogP contribution is -2.24. The van der Waals surface area contributed by atoms with Crippen molar-refractivity contribution < 1.29 is 14.6 Å². The molecule has 0 spiro atoms. The predicted molar refractivity (Wildman–Crippen MR) is 116 cm³/mol. The van der Waals surface area contributed by atoms with Gasteiger partial charge in [0.15, 0.2) is 11.0 Å². The summed E-state index contributed by atoms with van der Waals surface area (Å²) in [6.45, 7) is 15.8. The lowest BCUT2D eigenvalue weighted by molar-refractivity contribution is -0.133. The van der Waals surface area contributed by atoms with Gasteiger partial charge in [-0.25, -0.2) is 0 Å². The summed E-state index contributed by atoms with van der Waals surface area (Å²) < 4.78 is 7.72. The summed E-state index contributed by atoms with van der Waals surface area (Å²) in [7, 11) is 0. The topological polar surface area (TPSA) is 77.2 Å². The van der Waals surface area contributed by atoms with E-state index in [0.29, 0.717) is 17.5 Å². The zero-order valence-corrected chi connectivity index (χ0v) is 18.8.